The largest absolute Gasteiger partial charge is 0.573 e. The number of hydrogen-bond donors (Lipinski definition) is 3. The summed E-state index contributed by atoms with van der Waals surface area (Å²) in [5, 5.41) is 17.1. The van der Waals surface area contributed by atoms with Crippen molar-refractivity contribution in [2.24, 2.45) is 0 Å². The minimum absolute atomic E-state index is 0.0469. The normalized spacial score (nSPS) is 17.2. The Hall–Kier alpha value is -4.25. The van der Waals surface area contributed by atoms with Crippen LogP contribution in [0.3, 0.4) is 0 Å². The summed E-state index contributed by atoms with van der Waals surface area (Å²) in [7, 11) is 1.63. The molecule has 3 aromatic carbocycles. The molecular weight excluding hydrogens is 525 g/mol. The quantitative estimate of drug-likeness (QED) is 0.351. The van der Waals surface area contributed by atoms with Crippen molar-refractivity contribution in [3.05, 3.63) is 96.1 Å². The van der Waals surface area contributed by atoms with Crippen molar-refractivity contribution in [1.82, 2.24) is 15.5 Å². The fraction of sp³-hybridized carbons (Fsp3) is 0.310. The number of nitrogens with one attached hydrogen (secondary N) is 2. The van der Waals surface area contributed by atoms with E-state index >= 15 is 0 Å². The molecule has 3 amide bonds. The maximum absolute atomic E-state index is 14.0. The van der Waals surface area contributed by atoms with Crippen molar-refractivity contribution in [2.45, 2.75) is 37.5 Å². The topological polar surface area (TPSA) is 94.1 Å². The molecule has 1 aliphatic rings. The number of likely N-dealkylation sites (N-methyl/N-ethyl adjacent to an activating group) is 1. The fourth-order valence-corrected chi connectivity index (χ4v) is 4.79. The van der Waals surface area contributed by atoms with Gasteiger partial charge in [0, 0.05) is 38.4 Å². The van der Waals surface area contributed by atoms with Gasteiger partial charge < -0.3 is 30.3 Å². The molecule has 8 nitrogen and oxygen atoms in total. The second kappa shape index (κ2) is 11.9. The lowest BCUT2D eigenvalue weighted by molar-refractivity contribution is -0.274. The van der Waals surface area contributed by atoms with Crippen LogP contribution in [0, 0.1) is 0 Å². The van der Waals surface area contributed by atoms with Crippen LogP contribution >= 0.6 is 0 Å². The van der Waals surface area contributed by atoms with E-state index in [0.29, 0.717) is 11.3 Å². The zero-order valence-electron chi connectivity index (χ0n) is 22.1. The van der Waals surface area contributed by atoms with Crippen molar-refractivity contribution in [3.63, 3.8) is 0 Å². The van der Waals surface area contributed by atoms with Gasteiger partial charge in [-0.15, -0.1) is 13.2 Å². The molecule has 4 rings (SSSR count). The maximum atomic E-state index is 14.0. The van der Waals surface area contributed by atoms with Crippen molar-refractivity contribution < 1.29 is 32.6 Å². The third kappa shape index (κ3) is 6.66. The highest BCUT2D eigenvalue weighted by molar-refractivity contribution is 5.91. The Balaban J connectivity index is 1.71. The lowest BCUT2D eigenvalue weighted by Crippen LogP contribution is -2.60. The Bertz CT molecular complexity index is 1310. The molecule has 3 N–H and O–H groups in total. The zero-order valence-corrected chi connectivity index (χ0v) is 22.1. The van der Waals surface area contributed by atoms with Crippen molar-refractivity contribution in [2.75, 3.05) is 25.0 Å². The summed E-state index contributed by atoms with van der Waals surface area (Å²) < 4.78 is 42.4. The number of aliphatic hydroxyl groups excluding tert-OH is 1. The van der Waals surface area contributed by atoms with Gasteiger partial charge in [0.05, 0.1) is 11.6 Å². The molecule has 1 heterocycles. The minimum atomic E-state index is -4.84. The summed E-state index contributed by atoms with van der Waals surface area (Å²) in [5.41, 5.74) is 0.527. The van der Waals surface area contributed by atoms with Gasteiger partial charge in [-0.2, -0.15) is 0 Å². The average Bonchev–Trinajstić information content (AvgIpc) is 3.37. The van der Waals surface area contributed by atoms with Gasteiger partial charge in [0.2, 0.25) is 5.91 Å². The molecule has 3 atom stereocenters. The van der Waals surface area contributed by atoms with Gasteiger partial charge in [-0.25, -0.2) is 4.79 Å². The first-order valence-electron chi connectivity index (χ1n) is 12.7. The number of urea groups is 1. The van der Waals surface area contributed by atoms with Gasteiger partial charge in [0.15, 0.2) is 0 Å². The van der Waals surface area contributed by atoms with Crippen LogP contribution in [-0.4, -0.2) is 60.6 Å². The van der Waals surface area contributed by atoms with Crippen LogP contribution in [0.2, 0.25) is 0 Å². The number of rotatable bonds is 10. The molecule has 0 radical (unpaired) electrons. The summed E-state index contributed by atoms with van der Waals surface area (Å²) in [6.07, 6.45) is -6.06. The molecule has 40 heavy (non-hydrogen) atoms. The third-order valence-corrected chi connectivity index (χ3v) is 7.03. The average molecular weight is 557 g/mol. The highest BCUT2D eigenvalue weighted by Gasteiger charge is 2.46. The Morgan fingerprint density at radius 1 is 1.05 bits per heavy atom. The van der Waals surface area contributed by atoms with E-state index in [2.05, 4.69) is 15.4 Å². The van der Waals surface area contributed by atoms with E-state index in [1.165, 1.54) is 18.2 Å². The zero-order chi connectivity index (χ0) is 28.9. The molecule has 3 aromatic rings. The predicted molar refractivity (Wildman–Crippen MR) is 144 cm³/mol. The molecule has 1 saturated heterocycles. The van der Waals surface area contributed by atoms with Gasteiger partial charge in [0.1, 0.15) is 11.8 Å². The number of carbonyl (C=O) groups excluding carboxylic acids is 2. The number of nitrogens with zero attached hydrogens (tertiary/aromatic N) is 2. The lowest BCUT2D eigenvalue weighted by atomic mass is 9.83. The minimum Gasteiger partial charge on any atom is -0.406 e. The van der Waals surface area contributed by atoms with Gasteiger partial charge in [-0.05, 0) is 30.2 Å². The molecule has 0 aromatic heterocycles. The first kappa shape index (κ1) is 28.8. The summed E-state index contributed by atoms with van der Waals surface area (Å²) in [5.74, 6) is -0.779. The maximum Gasteiger partial charge on any atom is 0.573 e. The molecule has 0 aliphatic carbocycles. The Labute approximate surface area is 230 Å². The first-order valence-corrected chi connectivity index (χ1v) is 12.7. The van der Waals surface area contributed by atoms with Gasteiger partial charge in [-0.1, -0.05) is 66.7 Å². The lowest BCUT2D eigenvalue weighted by Gasteiger charge is -2.47. The Morgan fingerprint density at radius 2 is 1.70 bits per heavy atom. The molecule has 1 aliphatic heterocycles. The van der Waals surface area contributed by atoms with Crippen LogP contribution < -0.4 is 20.3 Å². The van der Waals surface area contributed by atoms with Crippen LogP contribution in [0.25, 0.3) is 0 Å². The SMILES string of the molecule is CN(C[C@@H](O)[C@](C)(c1ccccc1)N(Cc1ccccc1)C(=O)C1CNC(=O)N1)c1cccc(OC(F)(F)F)c1. The van der Waals surface area contributed by atoms with Crippen LogP contribution in [0.15, 0.2) is 84.9 Å². The van der Waals surface area contributed by atoms with Crippen molar-refractivity contribution in [3.8, 4) is 5.75 Å². The second-order valence-electron chi connectivity index (χ2n) is 9.77. The van der Waals surface area contributed by atoms with Gasteiger partial charge in [-0.3, -0.25) is 4.79 Å². The molecule has 0 bridgehead atoms. The number of aliphatic hydroxyl groups is 1. The summed E-state index contributed by atoms with van der Waals surface area (Å²) in [6, 6.07) is 22.4. The number of halogens is 3. The number of hydrogen-bond acceptors (Lipinski definition) is 5. The standard InChI is InChI=1S/C29H31F3N4O4/c1-28(21-12-7-4-8-13-21,25(37)19-35(2)22-14-9-15-23(16-22)40-29(30,31)32)36(18-20-10-5-3-6-11-20)26(38)24-17-33-27(39)34-24/h3-16,24-25,37H,17-19H2,1-2H3,(H2,33,34,39)/t24?,25-,28+/m1/s1. The van der Waals surface area contributed by atoms with E-state index in [-0.39, 0.29) is 25.4 Å². The Morgan fingerprint density at radius 3 is 2.30 bits per heavy atom. The highest BCUT2D eigenvalue weighted by Crippen LogP contribution is 2.36. The summed E-state index contributed by atoms with van der Waals surface area (Å²) >= 11 is 0. The second-order valence-corrected chi connectivity index (χ2v) is 9.77. The van der Waals surface area contributed by atoms with Crippen molar-refractivity contribution in [1.29, 1.82) is 0 Å². The summed E-state index contributed by atoms with van der Waals surface area (Å²) in [6.45, 7) is 1.92. The van der Waals surface area contributed by atoms with E-state index in [0.717, 1.165) is 5.56 Å². The number of carbonyl (C=O) groups is 2. The van der Waals surface area contributed by atoms with E-state index < -0.39 is 36.0 Å². The molecule has 212 valence electrons. The Kier molecular flexibility index (Phi) is 8.53. The highest BCUT2D eigenvalue weighted by atomic mass is 19.4. The molecule has 0 saturated carbocycles. The molecule has 0 spiro atoms. The number of amides is 3. The number of alkyl halides is 3. The van der Waals surface area contributed by atoms with Gasteiger partial charge in [0.25, 0.3) is 0 Å². The molecule has 11 heteroatoms. The number of ether oxygens (including phenoxy) is 1. The number of benzene rings is 3. The van der Waals surface area contributed by atoms with E-state index in [1.54, 1.807) is 54.1 Å². The molecule has 1 fully saturated rings. The molecule has 1 unspecified atom stereocenters. The van der Waals surface area contributed by atoms with Crippen LogP contribution in [-0.2, 0) is 16.9 Å². The first-order chi connectivity index (χ1) is 19.0. The van der Waals surface area contributed by atoms with Crippen molar-refractivity contribution >= 4 is 17.6 Å². The van der Waals surface area contributed by atoms with E-state index in [1.807, 2.05) is 36.4 Å². The fourth-order valence-electron chi connectivity index (χ4n) is 4.79. The van der Waals surface area contributed by atoms with Crippen LogP contribution in [0.4, 0.5) is 23.7 Å². The van der Waals surface area contributed by atoms with Crippen LogP contribution in [0.1, 0.15) is 18.1 Å². The predicted octanol–water partition coefficient (Wildman–Crippen LogP) is 4.01. The smallest absolute Gasteiger partial charge is 0.406 e. The monoisotopic (exact) mass is 556 g/mol. The van der Waals surface area contributed by atoms with Gasteiger partial charge >= 0.3 is 12.4 Å². The van der Waals surface area contributed by atoms with Crippen LogP contribution in [0.5, 0.6) is 5.75 Å². The molecular formula is C29H31F3N4O4. The third-order valence-electron chi connectivity index (χ3n) is 7.03. The number of anilines is 1. The van der Waals surface area contributed by atoms with E-state index in [4.69, 9.17) is 0 Å². The summed E-state index contributed by atoms with van der Waals surface area (Å²) in [4.78, 5) is 29.0. The van der Waals surface area contributed by atoms with E-state index in [9.17, 15) is 27.9 Å².